The third-order valence-electron chi connectivity index (χ3n) is 1.43. The molecule has 68 valence electrons. The molecule has 12 heavy (non-hydrogen) atoms. The summed E-state index contributed by atoms with van der Waals surface area (Å²) in [6, 6.07) is 0. The maximum atomic E-state index is 3.98. The Bertz CT molecular complexity index is 226. The van der Waals surface area contributed by atoms with Crippen LogP contribution < -0.4 is 0 Å². The van der Waals surface area contributed by atoms with Crippen molar-refractivity contribution in [3.05, 3.63) is 6.33 Å². The van der Waals surface area contributed by atoms with E-state index >= 15 is 0 Å². The number of halogens is 1. The van der Waals surface area contributed by atoms with Gasteiger partial charge in [0.1, 0.15) is 6.33 Å². The topological polar surface area (TPSA) is 30.7 Å². The van der Waals surface area contributed by atoms with Crippen LogP contribution in [-0.2, 0) is 7.05 Å². The monoisotopic (exact) mass is 249 g/mol. The summed E-state index contributed by atoms with van der Waals surface area (Å²) in [6.07, 6.45) is 4.18. The Morgan fingerprint density at radius 3 is 3.00 bits per heavy atom. The van der Waals surface area contributed by atoms with Crippen molar-refractivity contribution in [2.75, 3.05) is 11.1 Å². The van der Waals surface area contributed by atoms with E-state index in [1.54, 1.807) is 18.1 Å². The van der Waals surface area contributed by atoms with E-state index in [-0.39, 0.29) is 0 Å². The Labute approximate surface area is 85.1 Å². The van der Waals surface area contributed by atoms with E-state index in [4.69, 9.17) is 0 Å². The highest BCUT2D eigenvalue weighted by atomic mass is 79.9. The molecule has 3 nitrogen and oxygen atoms in total. The third-order valence-corrected chi connectivity index (χ3v) is 3.11. The van der Waals surface area contributed by atoms with Gasteiger partial charge in [-0.3, -0.25) is 0 Å². The van der Waals surface area contributed by atoms with Gasteiger partial charge in [0.25, 0.3) is 0 Å². The molecule has 0 saturated carbocycles. The second-order valence-electron chi connectivity index (χ2n) is 2.47. The highest BCUT2D eigenvalue weighted by Gasteiger charge is 1.99. The number of hydrogen-bond donors (Lipinski definition) is 0. The van der Waals surface area contributed by atoms with Crippen molar-refractivity contribution in [1.29, 1.82) is 0 Å². The number of aryl methyl sites for hydroxylation is 1. The van der Waals surface area contributed by atoms with Crippen LogP contribution in [0.4, 0.5) is 0 Å². The number of hydrogen-bond acceptors (Lipinski definition) is 3. The highest BCUT2D eigenvalue weighted by Crippen LogP contribution is 2.15. The van der Waals surface area contributed by atoms with Gasteiger partial charge in [0.05, 0.1) is 0 Å². The molecule has 0 aliphatic heterocycles. The van der Waals surface area contributed by atoms with Gasteiger partial charge in [-0.1, -0.05) is 27.7 Å². The van der Waals surface area contributed by atoms with Crippen LogP contribution in [-0.4, -0.2) is 25.8 Å². The molecule has 0 fully saturated rings. The number of rotatable bonds is 5. The van der Waals surface area contributed by atoms with Crippen molar-refractivity contribution in [2.45, 2.75) is 18.0 Å². The number of thioether (sulfide) groups is 1. The zero-order valence-corrected chi connectivity index (χ0v) is 9.44. The number of aromatic nitrogens is 3. The zero-order chi connectivity index (χ0) is 8.81. The first-order valence-corrected chi connectivity index (χ1v) is 5.98. The van der Waals surface area contributed by atoms with E-state index in [0.717, 1.165) is 16.2 Å². The Balaban J connectivity index is 2.20. The first-order valence-electron chi connectivity index (χ1n) is 3.87. The summed E-state index contributed by atoms with van der Waals surface area (Å²) >= 11 is 5.16. The van der Waals surface area contributed by atoms with E-state index in [1.807, 2.05) is 11.6 Å². The Morgan fingerprint density at radius 1 is 1.58 bits per heavy atom. The van der Waals surface area contributed by atoms with Crippen molar-refractivity contribution in [3.63, 3.8) is 0 Å². The molecule has 1 rings (SSSR count). The molecule has 0 aliphatic rings. The van der Waals surface area contributed by atoms with Gasteiger partial charge < -0.3 is 4.57 Å². The minimum atomic E-state index is 1.00. The molecule has 0 unspecified atom stereocenters. The minimum absolute atomic E-state index is 1.00. The zero-order valence-electron chi connectivity index (χ0n) is 7.03. The number of unbranched alkanes of at least 4 members (excludes halogenated alkanes) is 1. The molecule has 0 saturated heterocycles. The summed E-state index contributed by atoms with van der Waals surface area (Å²) in [4.78, 5) is 0. The van der Waals surface area contributed by atoms with Crippen LogP contribution in [0, 0.1) is 0 Å². The summed E-state index contributed by atoms with van der Waals surface area (Å²) in [5, 5.41) is 9.87. The molecule has 1 aromatic rings. The van der Waals surface area contributed by atoms with Crippen LogP contribution in [0.2, 0.25) is 0 Å². The van der Waals surface area contributed by atoms with Crippen molar-refractivity contribution in [2.24, 2.45) is 7.05 Å². The van der Waals surface area contributed by atoms with E-state index in [1.165, 1.54) is 12.8 Å². The summed E-state index contributed by atoms with van der Waals surface area (Å²) in [5.74, 6) is 1.12. The predicted octanol–water partition coefficient (Wildman–Crippen LogP) is 2.08. The maximum absolute atomic E-state index is 3.98. The molecular weight excluding hydrogens is 238 g/mol. The standard InChI is InChI=1S/C7H12BrN3S/c1-11-6-9-10-7(11)12-5-3-2-4-8/h6H,2-5H2,1H3. The molecule has 5 heteroatoms. The van der Waals surface area contributed by atoms with E-state index in [9.17, 15) is 0 Å². The second-order valence-corrected chi connectivity index (χ2v) is 4.32. The molecule has 1 aromatic heterocycles. The first-order chi connectivity index (χ1) is 5.84. The first kappa shape index (κ1) is 10.1. The molecule has 0 bridgehead atoms. The number of nitrogens with zero attached hydrogens (tertiary/aromatic N) is 3. The lowest BCUT2D eigenvalue weighted by molar-refractivity contribution is 0.785. The van der Waals surface area contributed by atoms with Crippen LogP contribution in [0.25, 0.3) is 0 Å². The lowest BCUT2D eigenvalue weighted by Crippen LogP contribution is -1.90. The van der Waals surface area contributed by atoms with Gasteiger partial charge in [-0.05, 0) is 12.8 Å². The van der Waals surface area contributed by atoms with Crippen molar-refractivity contribution < 1.29 is 0 Å². The molecule has 0 amide bonds. The van der Waals surface area contributed by atoms with Crippen LogP contribution in [0.1, 0.15) is 12.8 Å². The lowest BCUT2D eigenvalue weighted by atomic mass is 10.4. The fourth-order valence-corrected chi connectivity index (χ4v) is 2.05. The van der Waals surface area contributed by atoms with Crippen molar-refractivity contribution >= 4 is 27.7 Å². The van der Waals surface area contributed by atoms with Crippen LogP contribution in [0.5, 0.6) is 0 Å². The molecular formula is C7H12BrN3S. The molecule has 0 radical (unpaired) electrons. The molecule has 0 spiro atoms. The normalized spacial score (nSPS) is 10.5. The minimum Gasteiger partial charge on any atom is -0.312 e. The van der Waals surface area contributed by atoms with Gasteiger partial charge >= 0.3 is 0 Å². The molecule has 0 aromatic carbocycles. The Hall–Kier alpha value is -0.0300. The van der Waals surface area contributed by atoms with Crippen molar-refractivity contribution in [3.8, 4) is 0 Å². The molecule has 0 N–H and O–H groups in total. The molecule has 0 aliphatic carbocycles. The van der Waals surface area contributed by atoms with Gasteiger partial charge in [0, 0.05) is 18.1 Å². The predicted molar refractivity (Wildman–Crippen MR) is 54.8 cm³/mol. The van der Waals surface area contributed by atoms with Gasteiger partial charge in [0.15, 0.2) is 5.16 Å². The fraction of sp³-hybridized carbons (Fsp3) is 0.714. The average molecular weight is 250 g/mol. The lowest BCUT2D eigenvalue weighted by Gasteiger charge is -1.98. The summed E-state index contributed by atoms with van der Waals surface area (Å²) in [7, 11) is 1.97. The quantitative estimate of drug-likeness (QED) is 0.455. The summed E-state index contributed by atoms with van der Waals surface area (Å²) in [6.45, 7) is 0. The van der Waals surface area contributed by atoms with Gasteiger partial charge in [-0.2, -0.15) is 0 Å². The SMILES string of the molecule is Cn1cnnc1SCCCCBr. The van der Waals surface area contributed by atoms with Crippen molar-refractivity contribution in [1.82, 2.24) is 14.8 Å². The Morgan fingerprint density at radius 2 is 2.42 bits per heavy atom. The van der Waals surface area contributed by atoms with Crippen LogP contribution in [0.3, 0.4) is 0 Å². The molecule has 1 heterocycles. The third kappa shape index (κ3) is 3.15. The smallest absolute Gasteiger partial charge is 0.190 e. The van der Waals surface area contributed by atoms with Crippen LogP contribution in [0.15, 0.2) is 11.5 Å². The van der Waals surface area contributed by atoms with Crippen LogP contribution >= 0.6 is 27.7 Å². The van der Waals surface area contributed by atoms with E-state index in [2.05, 4.69) is 26.1 Å². The van der Waals surface area contributed by atoms with E-state index < -0.39 is 0 Å². The van der Waals surface area contributed by atoms with Gasteiger partial charge in [-0.25, -0.2) is 0 Å². The highest BCUT2D eigenvalue weighted by molar-refractivity contribution is 9.09. The summed E-state index contributed by atoms with van der Waals surface area (Å²) < 4.78 is 1.94. The van der Waals surface area contributed by atoms with Gasteiger partial charge in [0.2, 0.25) is 0 Å². The Kier molecular flexibility index (Phi) is 4.68. The maximum Gasteiger partial charge on any atom is 0.190 e. The largest absolute Gasteiger partial charge is 0.312 e. The number of alkyl halides is 1. The second kappa shape index (κ2) is 5.59. The average Bonchev–Trinajstić information content (AvgIpc) is 2.46. The fourth-order valence-electron chi connectivity index (χ4n) is 0.763. The van der Waals surface area contributed by atoms with E-state index in [0.29, 0.717) is 0 Å². The molecule has 0 atom stereocenters. The summed E-state index contributed by atoms with van der Waals surface area (Å²) in [5.41, 5.74) is 0. The van der Waals surface area contributed by atoms with Gasteiger partial charge in [-0.15, -0.1) is 10.2 Å².